The van der Waals surface area contributed by atoms with Crippen molar-refractivity contribution >= 4 is 10.0 Å². The number of nitrogens with zero attached hydrogens (tertiary/aromatic N) is 3. The Balaban J connectivity index is 1.62. The molecule has 0 amide bonds. The van der Waals surface area contributed by atoms with E-state index in [4.69, 9.17) is 4.74 Å². The zero-order chi connectivity index (χ0) is 13.5. The third kappa shape index (κ3) is 2.82. The molecule has 1 aromatic heterocycles. The lowest BCUT2D eigenvalue weighted by Gasteiger charge is -2.15. The van der Waals surface area contributed by atoms with Crippen molar-refractivity contribution in [2.24, 2.45) is 13.0 Å². The largest absolute Gasteiger partial charge is 0.377 e. The van der Waals surface area contributed by atoms with Crippen LogP contribution >= 0.6 is 0 Å². The van der Waals surface area contributed by atoms with Gasteiger partial charge < -0.3 is 9.30 Å². The number of ether oxygens (including phenoxy) is 1. The molecule has 1 unspecified atom stereocenters. The normalized spacial score (nSPS) is 25.0. The van der Waals surface area contributed by atoms with Crippen LogP contribution in [0.15, 0.2) is 17.6 Å². The average molecular weight is 285 g/mol. The first-order chi connectivity index (χ1) is 9.05. The van der Waals surface area contributed by atoms with Gasteiger partial charge in [-0.25, -0.2) is 13.4 Å². The first-order valence-electron chi connectivity index (χ1n) is 6.65. The first-order valence-corrected chi connectivity index (χ1v) is 8.09. The molecule has 2 fully saturated rings. The van der Waals surface area contributed by atoms with Gasteiger partial charge in [0.05, 0.1) is 12.4 Å². The standard InChI is InChI=1S/C12H19N3O3S/c1-14-7-12(13-9-14)19(16,17)15-5-4-11(6-15)18-8-10-2-3-10/h7,9-11H,2-6,8H2,1H3. The first kappa shape index (κ1) is 13.1. The van der Waals surface area contributed by atoms with E-state index in [1.165, 1.54) is 29.7 Å². The minimum Gasteiger partial charge on any atom is -0.377 e. The molecule has 0 radical (unpaired) electrons. The van der Waals surface area contributed by atoms with Gasteiger partial charge in [0.15, 0.2) is 5.03 Å². The molecule has 7 heteroatoms. The smallest absolute Gasteiger partial charge is 0.262 e. The minimum atomic E-state index is -3.45. The van der Waals surface area contributed by atoms with Crippen LogP contribution in [0.4, 0.5) is 0 Å². The summed E-state index contributed by atoms with van der Waals surface area (Å²) in [6.07, 6.45) is 6.36. The van der Waals surface area contributed by atoms with E-state index in [1.807, 2.05) is 0 Å². The van der Waals surface area contributed by atoms with E-state index in [2.05, 4.69) is 4.98 Å². The zero-order valence-electron chi connectivity index (χ0n) is 11.0. The summed E-state index contributed by atoms with van der Waals surface area (Å²) in [5, 5.41) is 0.123. The van der Waals surface area contributed by atoms with Crippen molar-refractivity contribution in [2.45, 2.75) is 30.4 Å². The monoisotopic (exact) mass is 285 g/mol. The molecule has 2 heterocycles. The lowest BCUT2D eigenvalue weighted by atomic mass is 10.3. The molecule has 0 N–H and O–H groups in total. The number of hydrogen-bond acceptors (Lipinski definition) is 4. The molecule has 6 nitrogen and oxygen atoms in total. The van der Waals surface area contributed by atoms with Gasteiger partial charge in [0, 0.05) is 32.9 Å². The van der Waals surface area contributed by atoms with Crippen LogP contribution in [0.3, 0.4) is 0 Å². The van der Waals surface area contributed by atoms with Gasteiger partial charge in [-0.05, 0) is 25.2 Å². The van der Waals surface area contributed by atoms with Crippen molar-refractivity contribution in [3.05, 3.63) is 12.5 Å². The van der Waals surface area contributed by atoms with E-state index in [-0.39, 0.29) is 11.1 Å². The molecular weight excluding hydrogens is 266 g/mol. The molecule has 1 aromatic rings. The summed E-state index contributed by atoms with van der Waals surface area (Å²) in [7, 11) is -1.69. The van der Waals surface area contributed by atoms with Gasteiger partial charge in [0.1, 0.15) is 0 Å². The molecule has 0 aromatic carbocycles. The molecule has 2 aliphatic rings. The van der Waals surface area contributed by atoms with Crippen LogP contribution < -0.4 is 0 Å². The topological polar surface area (TPSA) is 64.4 Å². The molecule has 1 saturated carbocycles. The molecule has 1 atom stereocenters. The fraction of sp³-hybridized carbons (Fsp3) is 0.750. The van der Waals surface area contributed by atoms with E-state index in [1.54, 1.807) is 11.6 Å². The number of sulfonamides is 1. The van der Waals surface area contributed by atoms with Crippen LogP contribution in [-0.4, -0.2) is 48.1 Å². The van der Waals surface area contributed by atoms with Gasteiger partial charge in [0.25, 0.3) is 10.0 Å². The van der Waals surface area contributed by atoms with Crippen molar-refractivity contribution in [3.63, 3.8) is 0 Å². The number of hydrogen-bond donors (Lipinski definition) is 0. The Morgan fingerprint density at radius 2 is 2.21 bits per heavy atom. The third-order valence-electron chi connectivity index (χ3n) is 3.66. The van der Waals surface area contributed by atoms with Crippen LogP contribution in [0.1, 0.15) is 19.3 Å². The van der Waals surface area contributed by atoms with Crippen LogP contribution in [0.2, 0.25) is 0 Å². The van der Waals surface area contributed by atoms with E-state index >= 15 is 0 Å². The van der Waals surface area contributed by atoms with Crippen LogP contribution in [-0.2, 0) is 21.8 Å². The van der Waals surface area contributed by atoms with Gasteiger partial charge in [0.2, 0.25) is 0 Å². The van der Waals surface area contributed by atoms with Gasteiger partial charge in [-0.1, -0.05) is 0 Å². The second kappa shape index (κ2) is 4.88. The third-order valence-corrected chi connectivity index (χ3v) is 5.41. The zero-order valence-corrected chi connectivity index (χ0v) is 11.8. The predicted octanol–water partition coefficient (Wildman–Crippen LogP) is 0.610. The maximum Gasteiger partial charge on any atom is 0.262 e. The molecule has 0 bridgehead atoms. The highest BCUT2D eigenvalue weighted by molar-refractivity contribution is 7.89. The Morgan fingerprint density at radius 3 is 2.84 bits per heavy atom. The summed E-state index contributed by atoms with van der Waals surface area (Å²) < 4.78 is 33.6. The summed E-state index contributed by atoms with van der Waals surface area (Å²) in [5.74, 6) is 0.710. The van der Waals surface area contributed by atoms with Crippen molar-refractivity contribution in [3.8, 4) is 0 Å². The summed E-state index contributed by atoms with van der Waals surface area (Å²) >= 11 is 0. The van der Waals surface area contributed by atoms with Gasteiger partial charge in [-0.2, -0.15) is 4.31 Å². The highest BCUT2D eigenvalue weighted by Gasteiger charge is 2.35. The molecular formula is C12H19N3O3S. The Bertz CT molecular complexity index is 550. The predicted molar refractivity (Wildman–Crippen MR) is 69.0 cm³/mol. The minimum absolute atomic E-state index is 0.0408. The molecule has 19 heavy (non-hydrogen) atoms. The van der Waals surface area contributed by atoms with Crippen molar-refractivity contribution < 1.29 is 13.2 Å². The quantitative estimate of drug-likeness (QED) is 0.795. The summed E-state index contributed by atoms with van der Waals surface area (Å²) in [6, 6.07) is 0. The van der Waals surface area contributed by atoms with Crippen LogP contribution in [0, 0.1) is 5.92 Å². The number of rotatable bonds is 5. The lowest BCUT2D eigenvalue weighted by Crippen LogP contribution is -2.30. The molecule has 1 aliphatic carbocycles. The Morgan fingerprint density at radius 1 is 1.42 bits per heavy atom. The van der Waals surface area contributed by atoms with Gasteiger partial charge in [-0.3, -0.25) is 0 Å². The highest BCUT2D eigenvalue weighted by Crippen LogP contribution is 2.30. The molecule has 106 valence electrons. The summed E-state index contributed by atoms with van der Waals surface area (Å²) in [5.41, 5.74) is 0. The number of aryl methyl sites for hydroxylation is 1. The van der Waals surface area contributed by atoms with E-state index in [0.717, 1.165) is 13.0 Å². The second-order valence-corrected chi connectivity index (χ2v) is 7.31. The second-order valence-electron chi connectivity index (χ2n) is 5.43. The fourth-order valence-corrected chi connectivity index (χ4v) is 3.72. The molecule has 1 saturated heterocycles. The van der Waals surface area contributed by atoms with Crippen LogP contribution in [0.25, 0.3) is 0 Å². The van der Waals surface area contributed by atoms with Crippen molar-refractivity contribution in [1.29, 1.82) is 0 Å². The molecule has 3 rings (SSSR count). The Kier molecular flexibility index (Phi) is 3.36. The van der Waals surface area contributed by atoms with Crippen molar-refractivity contribution in [1.82, 2.24) is 13.9 Å². The number of imidazole rings is 1. The average Bonchev–Trinajstić information content (AvgIpc) is 2.89. The summed E-state index contributed by atoms with van der Waals surface area (Å²) in [6.45, 7) is 1.75. The van der Waals surface area contributed by atoms with Gasteiger partial charge >= 0.3 is 0 Å². The van der Waals surface area contributed by atoms with Crippen molar-refractivity contribution in [2.75, 3.05) is 19.7 Å². The lowest BCUT2D eigenvalue weighted by molar-refractivity contribution is 0.0561. The number of aromatic nitrogens is 2. The van der Waals surface area contributed by atoms with E-state index in [9.17, 15) is 8.42 Å². The van der Waals surface area contributed by atoms with E-state index < -0.39 is 10.0 Å². The Labute approximate surface area is 113 Å². The van der Waals surface area contributed by atoms with Gasteiger partial charge in [-0.15, -0.1) is 0 Å². The SMILES string of the molecule is Cn1cnc(S(=O)(=O)N2CCC(OCC3CC3)C2)c1. The maximum absolute atomic E-state index is 12.3. The van der Waals surface area contributed by atoms with Crippen LogP contribution in [0.5, 0.6) is 0 Å². The van der Waals surface area contributed by atoms with E-state index in [0.29, 0.717) is 19.0 Å². The highest BCUT2D eigenvalue weighted by atomic mass is 32.2. The molecule has 0 spiro atoms. The fourth-order valence-electron chi connectivity index (χ4n) is 2.26. The maximum atomic E-state index is 12.3. The Hall–Kier alpha value is -0.920. The summed E-state index contributed by atoms with van der Waals surface area (Å²) in [4.78, 5) is 3.93. The molecule has 1 aliphatic heterocycles.